The van der Waals surface area contributed by atoms with Crippen LogP contribution in [-0.4, -0.2) is 15.1 Å². The highest BCUT2D eigenvalue weighted by molar-refractivity contribution is 5.14. The average molecular weight is 286 g/mol. The van der Waals surface area contributed by atoms with Gasteiger partial charge in [-0.05, 0) is 37.5 Å². The zero-order valence-electron chi connectivity index (χ0n) is 12.5. The molecular formula is C16H22N4O. The number of nitrogens with one attached hydrogen (secondary N) is 1. The van der Waals surface area contributed by atoms with Gasteiger partial charge in [-0.25, -0.2) is 0 Å². The topological polar surface area (TPSA) is 63.8 Å². The van der Waals surface area contributed by atoms with Crippen molar-refractivity contribution in [2.24, 2.45) is 0 Å². The Labute approximate surface area is 125 Å². The molecule has 1 N–H and O–H groups in total. The van der Waals surface area contributed by atoms with Crippen molar-refractivity contribution in [3.63, 3.8) is 0 Å². The maximum absolute atomic E-state index is 5.43. The number of aromatic nitrogens is 3. The fourth-order valence-corrected chi connectivity index (χ4v) is 2.87. The van der Waals surface area contributed by atoms with Gasteiger partial charge >= 0.3 is 0 Å². The molecule has 0 bridgehead atoms. The molecule has 2 heterocycles. The highest BCUT2D eigenvalue weighted by atomic mass is 16.5. The summed E-state index contributed by atoms with van der Waals surface area (Å²) in [6.07, 6.45) is 9.87. The van der Waals surface area contributed by atoms with Crippen molar-refractivity contribution in [1.82, 2.24) is 20.4 Å². The molecule has 0 amide bonds. The third kappa shape index (κ3) is 3.67. The fraction of sp³-hybridized carbons (Fsp3) is 0.562. The summed E-state index contributed by atoms with van der Waals surface area (Å²) >= 11 is 0. The lowest BCUT2D eigenvalue weighted by molar-refractivity contribution is 0.311. The Morgan fingerprint density at radius 1 is 1.24 bits per heavy atom. The zero-order chi connectivity index (χ0) is 14.5. The van der Waals surface area contributed by atoms with Crippen LogP contribution in [0.3, 0.4) is 0 Å². The van der Waals surface area contributed by atoms with Crippen LogP contribution in [0.1, 0.15) is 68.3 Å². The molecule has 3 rings (SSSR count). The summed E-state index contributed by atoms with van der Waals surface area (Å²) in [5, 5.41) is 7.51. The summed E-state index contributed by atoms with van der Waals surface area (Å²) in [5.41, 5.74) is 1.21. The van der Waals surface area contributed by atoms with E-state index in [0.29, 0.717) is 12.5 Å². The normalized spacial score (nSPS) is 17.8. The minimum atomic E-state index is 0.240. The van der Waals surface area contributed by atoms with Crippen LogP contribution in [0.4, 0.5) is 0 Å². The van der Waals surface area contributed by atoms with Crippen LogP contribution in [0.25, 0.3) is 0 Å². The van der Waals surface area contributed by atoms with Crippen molar-refractivity contribution in [1.29, 1.82) is 0 Å². The molecule has 1 unspecified atom stereocenters. The largest absolute Gasteiger partial charge is 0.339 e. The second kappa shape index (κ2) is 6.80. The Kier molecular flexibility index (Phi) is 4.60. The molecule has 2 aromatic rings. The molecule has 1 fully saturated rings. The molecule has 0 radical (unpaired) electrons. The summed E-state index contributed by atoms with van der Waals surface area (Å²) in [7, 11) is 0. The van der Waals surface area contributed by atoms with Gasteiger partial charge in [0.15, 0.2) is 5.82 Å². The van der Waals surface area contributed by atoms with Crippen molar-refractivity contribution in [3.8, 4) is 0 Å². The second-order valence-electron chi connectivity index (χ2n) is 5.77. The summed E-state index contributed by atoms with van der Waals surface area (Å²) in [5.74, 6) is 2.04. The molecule has 1 aliphatic rings. The fourth-order valence-electron chi connectivity index (χ4n) is 2.87. The van der Waals surface area contributed by atoms with Crippen molar-refractivity contribution < 1.29 is 4.52 Å². The van der Waals surface area contributed by atoms with Gasteiger partial charge in [-0.3, -0.25) is 4.98 Å². The van der Waals surface area contributed by atoms with E-state index in [-0.39, 0.29) is 6.04 Å². The number of hydrogen-bond acceptors (Lipinski definition) is 5. The van der Waals surface area contributed by atoms with Crippen LogP contribution < -0.4 is 5.32 Å². The van der Waals surface area contributed by atoms with E-state index in [4.69, 9.17) is 4.52 Å². The van der Waals surface area contributed by atoms with Crippen LogP contribution in [0, 0.1) is 0 Å². The SMILES string of the molecule is CC(NCc1noc(C2CCCCC2)n1)c1ccncc1. The Morgan fingerprint density at radius 3 is 2.76 bits per heavy atom. The van der Waals surface area contributed by atoms with Gasteiger partial charge in [-0.15, -0.1) is 0 Å². The molecule has 0 saturated heterocycles. The predicted molar refractivity (Wildman–Crippen MR) is 79.6 cm³/mol. The third-order valence-electron chi connectivity index (χ3n) is 4.21. The molecular weight excluding hydrogens is 264 g/mol. The van der Waals surface area contributed by atoms with Crippen molar-refractivity contribution in [3.05, 3.63) is 41.8 Å². The van der Waals surface area contributed by atoms with Gasteiger partial charge in [-0.2, -0.15) is 4.98 Å². The van der Waals surface area contributed by atoms with Gasteiger partial charge < -0.3 is 9.84 Å². The van der Waals surface area contributed by atoms with Gasteiger partial charge in [0.2, 0.25) is 5.89 Å². The van der Waals surface area contributed by atoms with Gasteiger partial charge in [0, 0.05) is 24.4 Å². The molecule has 112 valence electrons. The number of pyridine rings is 1. The summed E-state index contributed by atoms with van der Waals surface area (Å²) in [6, 6.07) is 4.27. The lowest BCUT2D eigenvalue weighted by Crippen LogP contribution is -2.19. The van der Waals surface area contributed by atoms with E-state index in [1.54, 1.807) is 0 Å². The van der Waals surface area contributed by atoms with Crippen molar-refractivity contribution in [2.75, 3.05) is 0 Å². The van der Waals surface area contributed by atoms with E-state index < -0.39 is 0 Å². The maximum atomic E-state index is 5.43. The molecule has 1 aliphatic carbocycles. The molecule has 5 heteroatoms. The summed E-state index contributed by atoms with van der Waals surface area (Å²) < 4.78 is 5.43. The zero-order valence-corrected chi connectivity index (χ0v) is 12.5. The smallest absolute Gasteiger partial charge is 0.229 e. The Hall–Kier alpha value is -1.75. The van der Waals surface area contributed by atoms with Crippen LogP contribution in [0.2, 0.25) is 0 Å². The van der Waals surface area contributed by atoms with Gasteiger partial charge in [0.05, 0.1) is 6.54 Å². The molecule has 0 aromatic carbocycles. The third-order valence-corrected chi connectivity index (χ3v) is 4.21. The Balaban J connectivity index is 1.55. The van der Waals surface area contributed by atoms with E-state index in [1.165, 1.54) is 37.7 Å². The highest BCUT2D eigenvalue weighted by Gasteiger charge is 2.21. The molecule has 1 atom stereocenters. The van der Waals surface area contributed by atoms with Crippen molar-refractivity contribution >= 4 is 0 Å². The highest BCUT2D eigenvalue weighted by Crippen LogP contribution is 2.31. The van der Waals surface area contributed by atoms with Crippen LogP contribution in [0.5, 0.6) is 0 Å². The monoisotopic (exact) mass is 286 g/mol. The standard InChI is InChI=1S/C16H22N4O/c1-12(13-7-9-17-10-8-13)18-11-15-19-16(21-20-15)14-5-3-2-4-6-14/h7-10,12,14,18H,2-6,11H2,1H3. The van der Waals surface area contributed by atoms with Gasteiger partial charge in [0.1, 0.15) is 0 Å². The van der Waals surface area contributed by atoms with E-state index in [2.05, 4.69) is 27.4 Å². The minimum Gasteiger partial charge on any atom is -0.339 e. The second-order valence-corrected chi connectivity index (χ2v) is 5.77. The first-order valence-electron chi connectivity index (χ1n) is 7.78. The first kappa shape index (κ1) is 14.2. The first-order chi connectivity index (χ1) is 10.3. The number of nitrogens with zero attached hydrogens (tertiary/aromatic N) is 3. The van der Waals surface area contributed by atoms with E-state index in [0.717, 1.165) is 11.7 Å². The lowest BCUT2D eigenvalue weighted by atomic mass is 9.89. The lowest BCUT2D eigenvalue weighted by Gasteiger charge is -2.17. The first-order valence-corrected chi connectivity index (χ1v) is 7.78. The minimum absolute atomic E-state index is 0.240. The van der Waals surface area contributed by atoms with Crippen molar-refractivity contribution in [2.45, 2.75) is 57.5 Å². The molecule has 21 heavy (non-hydrogen) atoms. The number of rotatable bonds is 5. The quantitative estimate of drug-likeness (QED) is 0.913. The summed E-state index contributed by atoms with van der Waals surface area (Å²) in [6.45, 7) is 2.75. The Bertz CT molecular complexity index is 548. The van der Waals surface area contributed by atoms with Crippen LogP contribution >= 0.6 is 0 Å². The van der Waals surface area contributed by atoms with Crippen LogP contribution in [0.15, 0.2) is 29.0 Å². The molecule has 1 saturated carbocycles. The van der Waals surface area contributed by atoms with Crippen LogP contribution in [-0.2, 0) is 6.54 Å². The van der Waals surface area contributed by atoms with Gasteiger partial charge in [-0.1, -0.05) is 24.4 Å². The molecule has 0 spiro atoms. The maximum Gasteiger partial charge on any atom is 0.229 e. The summed E-state index contributed by atoms with van der Waals surface area (Å²) in [4.78, 5) is 8.58. The number of hydrogen-bond donors (Lipinski definition) is 1. The van der Waals surface area contributed by atoms with Gasteiger partial charge in [0.25, 0.3) is 0 Å². The van der Waals surface area contributed by atoms with E-state index in [1.807, 2.05) is 24.5 Å². The molecule has 0 aliphatic heterocycles. The van der Waals surface area contributed by atoms with E-state index >= 15 is 0 Å². The van der Waals surface area contributed by atoms with E-state index in [9.17, 15) is 0 Å². The average Bonchev–Trinajstić information content (AvgIpc) is 3.03. The molecule has 5 nitrogen and oxygen atoms in total. The Morgan fingerprint density at radius 2 is 2.00 bits per heavy atom. The predicted octanol–water partition coefficient (Wildman–Crippen LogP) is 3.36. The molecule has 2 aromatic heterocycles.